The van der Waals surface area contributed by atoms with Gasteiger partial charge in [0.25, 0.3) is 5.91 Å². The Morgan fingerprint density at radius 1 is 0.971 bits per heavy atom. The predicted octanol–water partition coefficient (Wildman–Crippen LogP) is 4.34. The number of ether oxygens (including phenoxy) is 1. The van der Waals surface area contributed by atoms with Crippen LogP contribution in [-0.2, 0) is 16.1 Å². The molecule has 0 aromatic heterocycles. The molecule has 0 aliphatic carbocycles. The van der Waals surface area contributed by atoms with Crippen LogP contribution >= 0.6 is 0 Å². The Balaban J connectivity index is 1.61. The Hall–Kier alpha value is -4.27. The SMILES string of the molecule is COc1ccc(NC(=O)N(Cc2ccc(F)cc2)[C@H]2CC(=O)N(c3ccc(F)cc3)C2=O)cc1. The quantitative estimate of drug-likeness (QED) is 0.550. The third-order valence-corrected chi connectivity index (χ3v) is 5.45. The maximum Gasteiger partial charge on any atom is 0.322 e. The van der Waals surface area contributed by atoms with E-state index in [1.54, 1.807) is 24.3 Å². The zero-order valence-corrected chi connectivity index (χ0v) is 18.2. The van der Waals surface area contributed by atoms with Gasteiger partial charge in [-0.05, 0) is 66.2 Å². The van der Waals surface area contributed by atoms with Crippen molar-refractivity contribution in [1.29, 1.82) is 0 Å². The van der Waals surface area contributed by atoms with E-state index in [0.29, 0.717) is 17.0 Å². The zero-order chi connectivity index (χ0) is 24.2. The molecule has 1 atom stereocenters. The van der Waals surface area contributed by atoms with Gasteiger partial charge in [0.05, 0.1) is 19.2 Å². The second-order valence-corrected chi connectivity index (χ2v) is 7.68. The molecule has 0 radical (unpaired) electrons. The average molecular weight is 465 g/mol. The van der Waals surface area contributed by atoms with Gasteiger partial charge >= 0.3 is 6.03 Å². The number of urea groups is 1. The summed E-state index contributed by atoms with van der Waals surface area (Å²) in [4.78, 5) is 41.4. The molecule has 3 aromatic rings. The van der Waals surface area contributed by atoms with Crippen molar-refractivity contribution >= 4 is 29.2 Å². The normalized spacial score (nSPS) is 15.4. The zero-order valence-electron chi connectivity index (χ0n) is 18.2. The largest absolute Gasteiger partial charge is 0.497 e. The molecule has 9 heteroatoms. The highest BCUT2D eigenvalue weighted by atomic mass is 19.1. The fourth-order valence-electron chi connectivity index (χ4n) is 3.70. The Bertz CT molecular complexity index is 1200. The van der Waals surface area contributed by atoms with Crippen LogP contribution in [0.15, 0.2) is 72.8 Å². The van der Waals surface area contributed by atoms with Gasteiger partial charge in [-0.15, -0.1) is 0 Å². The molecule has 0 bridgehead atoms. The van der Waals surface area contributed by atoms with Crippen LogP contribution in [-0.4, -0.2) is 35.9 Å². The number of carbonyl (C=O) groups excluding carboxylic acids is 3. The first-order chi connectivity index (χ1) is 16.4. The molecular weight excluding hydrogens is 444 g/mol. The van der Waals surface area contributed by atoms with Gasteiger partial charge in [0.15, 0.2) is 0 Å². The van der Waals surface area contributed by atoms with Crippen molar-refractivity contribution < 1.29 is 27.9 Å². The smallest absolute Gasteiger partial charge is 0.322 e. The van der Waals surface area contributed by atoms with Crippen LogP contribution < -0.4 is 15.0 Å². The molecule has 1 aliphatic heterocycles. The van der Waals surface area contributed by atoms with Crippen LogP contribution in [0.4, 0.5) is 25.0 Å². The van der Waals surface area contributed by atoms with Gasteiger partial charge in [-0.3, -0.25) is 9.59 Å². The lowest BCUT2D eigenvalue weighted by atomic mass is 10.1. The Kier molecular flexibility index (Phi) is 6.53. The summed E-state index contributed by atoms with van der Waals surface area (Å²) >= 11 is 0. The second kappa shape index (κ2) is 9.70. The monoisotopic (exact) mass is 465 g/mol. The number of rotatable bonds is 6. The number of imide groups is 1. The minimum absolute atomic E-state index is 0.0385. The molecule has 1 N–H and O–H groups in total. The number of halogens is 2. The van der Waals surface area contributed by atoms with Gasteiger partial charge in [0.2, 0.25) is 5.91 Å². The second-order valence-electron chi connectivity index (χ2n) is 7.68. The van der Waals surface area contributed by atoms with Gasteiger partial charge in [0.1, 0.15) is 23.4 Å². The molecule has 3 aromatic carbocycles. The first-order valence-electron chi connectivity index (χ1n) is 10.4. The van der Waals surface area contributed by atoms with Crippen LogP contribution in [0.25, 0.3) is 0 Å². The van der Waals surface area contributed by atoms with Crippen LogP contribution in [0.2, 0.25) is 0 Å². The number of hydrogen-bond donors (Lipinski definition) is 1. The molecular formula is C25H21F2N3O4. The highest BCUT2D eigenvalue weighted by molar-refractivity contribution is 6.23. The molecule has 174 valence electrons. The van der Waals surface area contributed by atoms with Crippen LogP contribution in [0.3, 0.4) is 0 Å². The third kappa shape index (κ3) is 4.88. The van der Waals surface area contributed by atoms with Crippen molar-refractivity contribution in [3.63, 3.8) is 0 Å². The molecule has 1 fully saturated rings. The Morgan fingerprint density at radius 3 is 2.15 bits per heavy atom. The van der Waals surface area contributed by atoms with Gasteiger partial charge < -0.3 is 15.0 Å². The van der Waals surface area contributed by atoms with Gasteiger partial charge in [-0.25, -0.2) is 18.5 Å². The number of anilines is 2. The van der Waals surface area contributed by atoms with Gasteiger partial charge in [0, 0.05) is 12.2 Å². The van der Waals surface area contributed by atoms with Gasteiger partial charge in [-0.1, -0.05) is 12.1 Å². The van der Waals surface area contributed by atoms with E-state index in [9.17, 15) is 23.2 Å². The number of methoxy groups -OCH3 is 1. The van der Waals surface area contributed by atoms with E-state index in [-0.39, 0.29) is 18.7 Å². The van der Waals surface area contributed by atoms with Crippen LogP contribution in [0, 0.1) is 11.6 Å². The van der Waals surface area contributed by atoms with E-state index < -0.39 is 35.5 Å². The number of amides is 4. The molecule has 1 heterocycles. The van der Waals surface area contributed by atoms with Crippen molar-refractivity contribution in [2.75, 3.05) is 17.3 Å². The topological polar surface area (TPSA) is 79.0 Å². The van der Waals surface area contributed by atoms with Crippen LogP contribution in [0.1, 0.15) is 12.0 Å². The highest BCUT2D eigenvalue weighted by Crippen LogP contribution is 2.28. The number of benzene rings is 3. The Morgan fingerprint density at radius 2 is 1.56 bits per heavy atom. The summed E-state index contributed by atoms with van der Waals surface area (Å²) in [5.74, 6) is -1.46. The molecule has 1 saturated heterocycles. The molecule has 1 aliphatic rings. The van der Waals surface area contributed by atoms with E-state index in [1.165, 1.54) is 48.4 Å². The van der Waals surface area contributed by atoms with Crippen molar-refractivity contribution in [3.05, 3.63) is 90.0 Å². The van der Waals surface area contributed by atoms with E-state index in [2.05, 4.69) is 5.32 Å². The number of hydrogen-bond acceptors (Lipinski definition) is 4. The van der Waals surface area contributed by atoms with Crippen molar-refractivity contribution in [1.82, 2.24) is 4.90 Å². The fourth-order valence-corrected chi connectivity index (χ4v) is 3.70. The third-order valence-electron chi connectivity index (χ3n) is 5.45. The van der Waals surface area contributed by atoms with Crippen LogP contribution in [0.5, 0.6) is 5.75 Å². The van der Waals surface area contributed by atoms with E-state index in [4.69, 9.17) is 4.74 Å². The molecule has 0 spiro atoms. The maximum atomic E-state index is 13.4. The summed E-state index contributed by atoms with van der Waals surface area (Å²) in [6.45, 7) is -0.0385. The fraction of sp³-hybridized carbons (Fsp3) is 0.160. The molecule has 4 amide bonds. The summed E-state index contributed by atoms with van der Waals surface area (Å²) in [5, 5.41) is 2.73. The Labute approximate surface area is 194 Å². The maximum absolute atomic E-state index is 13.4. The number of nitrogens with one attached hydrogen (secondary N) is 1. The lowest BCUT2D eigenvalue weighted by Crippen LogP contribution is -2.46. The number of nitrogens with zero attached hydrogens (tertiary/aromatic N) is 2. The lowest BCUT2D eigenvalue weighted by Gasteiger charge is -2.28. The summed E-state index contributed by atoms with van der Waals surface area (Å²) in [6.07, 6.45) is -0.243. The molecule has 34 heavy (non-hydrogen) atoms. The average Bonchev–Trinajstić information content (AvgIpc) is 3.13. The van der Waals surface area contributed by atoms with E-state index >= 15 is 0 Å². The first kappa shape index (κ1) is 22.9. The van der Waals surface area contributed by atoms with Crippen molar-refractivity contribution in [2.24, 2.45) is 0 Å². The van der Waals surface area contributed by atoms with E-state index in [1.807, 2.05) is 0 Å². The van der Waals surface area contributed by atoms with Crippen molar-refractivity contribution in [3.8, 4) is 5.75 Å². The molecule has 0 unspecified atom stereocenters. The predicted molar refractivity (Wildman–Crippen MR) is 121 cm³/mol. The molecule has 7 nitrogen and oxygen atoms in total. The minimum atomic E-state index is -1.10. The first-order valence-corrected chi connectivity index (χ1v) is 10.4. The minimum Gasteiger partial charge on any atom is -0.497 e. The highest BCUT2D eigenvalue weighted by Gasteiger charge is 2.44. The molecule has 0 saturated carbocycles. The standard InChI is InChI=1S/C25H21F2N3O4/c1-34-21-12-8-19(9-13-21)28-25(33)29(15-16-2-4-17(26)5-3-16)22-14-23(31)30(24(22)32)20-10-6-18(27)7-11-20/h2-13,22H,14-15H2,1H3,(H,28,33)/t22-/m0/s1. The van der Waals surface area contributed by atoms with Crippen molar-refractivity contribution in [2.45, 2.75) is 19.0 Å². The lowest BCUT2D eigenvalue weighted by molar-refractivity contribution is -0.122. The number of carbonyl (C=O) groups is 3. The summed E-state index contributed by atoms with van der Waals surface area (Å²) in [7, 11) is 1.52. The summed E-state index contributed by atoms with van der Waals surface area (Å²) in [6, 6.07) is 15.4. The van der Waals surface area contributed by atoms with Gasteiger partial charge in [-0.2, -0.15) is 0 Å². The molecule has 4 rings (SSSR count). The summed E-state index contributed by atoms with van der Waals surface area (Å²) in [5.41, 5.74) is 1.25. The summed E-state index contributed by atoms with van der Waals surface area (Å²) < 4.78 is 31.8. The van der Waals surface area contributed by atoms with E-state index in [0.717, 1.165) is 17.0 Å².